The maximum Gasteiger partial charge on any atom is 0.308 e. The summed E-state index contributed by atoms with van der Waals surface area (Å²) in [7, 11) is 1.59. The SMILES string of the molecule is CC1CCc2c(sc3nc(CCC(=O)N(C)CC(C)C(=O)O)[nH]c(=O)c23)C1. The van der Waals surface area contributed by atoms with E-state index in [1.165, 1.54) is 9.78 Å². The first-order valence-corrected chi connectivity index (χ1v) is 10.1. The highest BCUT2D eigenvalue weighted by Crippen LogP contribution is 2.35. The summed E-state index contributed by atoms with van der Waals surface area (Å²) < 4.78 is 0. The molecular weight excluding hydrogens is 366 g/mol. The van der Waals surface area contributed by atoms with Gasteiger partial charge < -0.3 is 15.0 Å². The fourth-order valence-electron chi connectivity index (χ4n) is 3.52. The second kappa shape index (κ2) is 7.80. The first-order chi connectivity index (χ1) is 12.8. The van der Waals surface area contributed by atoms with Gasteiger partial charge in [-0.3, -0.25) is 14.4 Å². The van der Waals surface area contributed by atoms with Crippen molar-refractivity contribution < 1.29 is 14.7 Å². The number of carboxylic acid groups (broad SMARTS) is 1. The topological polar surface area (TPSA) is 103 Å². The van der Waals surface area contributed by atoms with Gasteiger partial charge in [-0.15, -0.1) is 11.3 Å². The number of aromatic nitrogens is 2. The predicted molar refractivity (Wildman–Crippen MR) is 104 cm³/mol. The second-order valence-corrected chi connectivity index (χ2v) is 8.64. The molecule has 1 aliphatic carbocycles. The highest BCUT2D eigenvalue weighted by molar-refractivity contribution is 7.18. The molecule has 2 aromatic rings. The normalized spacial score (nSPS) is 17.5. The fourth-order valence-corrected chi connectivity index (χ4v) is 4.92. The van der Waals surface area contributed by atoms with E-state index in [-0.39, 0.29) is 24.4 Å². The van der Waals surface area contributed by atoms with E-state index >= 15 is 0 Å². The summed E-state index contributed by atoms with van der Waals surface area (Å²) in [5, 5.41) is 9.66. The van der Waals surface area contributed by atoms with Crippen LogP contribution >= 0.6 is 11.3 Å². The minimum atomic E-state index is -0.929. The Balaban J connectivity index is 1.72. The molecule has 2 N–H and O–H groups in total. The summed E-state index contributed by atoms with van der Waals surface area (Å²) in [5.74, 6) is -0.571. The lowest BCUT2D eigenvalue weighted by Gasteiger charge is -2.19. The van der Waals surface area contributed by atoms with Crippen LogP contribution in [0.5, 0.6) is 0 Å². The molecule has 27 heavy (non-hydrogen) atoms. The molecule has 2 unspecified atom stereocenters. The van der Waals surface area contributed by atoms with Crippen molar-refractivity contribution >= 4 is 33.4 Å². The summed E-state index contributed by atoms with van der Waals surface area (Å²) in [6.07, 6.45) is 3.52. The zero-order chi connectivity index (χ0) is 19.7. The van der Waals surface area contributed by atoms with Crippen LogP contribution in [0.3, 0.4) is 0 Å². The smallest absolute Gasteiger partial charge is 0.308 e. The molecule has 0 saturated carbocycles. The van der Waals surface area contributed by atoms with Crippen molar-refractivity contribution in [3.8, 4) is 0 Å². The molecule has 2 aromatic heterocycles. The van der Waals surface area contributed by atoms with Crippen molar-refractivity contribution in [2.24, 2.45) is 11.8 Å². The third kappa shape index (κ3) is 4.21. The van der Waals surface area contributed by atoms with E-state index in [0.29, 0.717) is 23.5 Å². The molecule has 0 spiro atoms. The highest BCUT2D eigenvalue weighted by atomic mass is 32.1. The van der Waals surface area contributed by atoms with Crippen molar-refractivity contribution in [1.82, 2.24) is 14.9 Å². The van der Waals surface area contributed by atoms with Gasteiger partial charge >= 0.3 is 5.97 Å². The van der Waals surface area contributed by atoms with Crippen LogP contribution in [0.15, 0.2) is 4.79 Å². The third-order valence-corrected chi connectivity index (χ3v) is 6.33. The first-order valence-electron chi connectivity index (χ1n) is 9.26. The molecule has 2 heterocycles. The quantitative estimate of drug-likeness (QED) is 0.786. The van der Waals surface area contributed by atoms with Crippen LogP contribution in [-0.4, -0.2) is 45.4 Å². The maximum absolute atomic E-state index is 12.6. The first kappa shape index (κ1) is 19.5. The number of nitrogens with one attached hydrogen (secondary N) is 1. The zero-order valence-electron chi connectivity index (χ0n) is 15.9. The van der Waals surface area contributed by atoms with Gasteiger partial charge in [0.05, 0.1) is 11.3 Å². The van der Waals surface area contributed by atoms with Crippen LogP contribution in [0.25, 0.3) is 10.2 Å². The molecule has 146 valence electrons. The molecule has 3 rings (SSSR count). The van der Waals surface area contributed by atoms with E-state index in [2.05, 4.69) is 16.9 Å². The number of fused-ring (bicyclic) bond motifs is 3. The number of thiophene rings is 1. The van der Waals surface area contributed by atoms with Crippen LogP contribution in [0.1, 0.15) is 43.0 Å². The largest absolute Gasteiger partial charge is 0.481 e. The van der Waals surface area contributed by atoms with Gasteiger partial charge in [0, 0.05) is 31.3 Å². The molecule has 1 amide bonds. The van der Waals surface area contributed by atoms with E-state index in [0.717, 1.165) is 29.7 Å². The van der Waals surface area contributed by atoms with E-state index < -0.39 is 11.9 Å². The number of hydrogen-bond acceptors (Lipinski definition) is 5. The lowest BCUT2D eigenvalue weighted by Crippen LogP contribution is -2.34. The molecule has 1 aliphatic rings. The van der Waals surface area contributed by atoms with E-state index in [9.17, 15) is 14.4 Å². The van der Waals surface area contributed by atoms with Crippen molar-refractivity contribution in [3.63, 3.8) is 0 Å². The molecule has 0 radical (unpaired) electrons. The average molecular weight is 391 g/mol. The molecule has 0 bridgehead atoms. The number of aryl methyl sites for hydroxylation is 2. The number of amides is 1. The maximum atomic E-state index is 12.6. The van der Waals surface area contributed by atoms with Crippen LogP contribution in [0.2, 0.25) is 0 Å². The number of carbonyl (C=O) groups is 2. The molecule has 0 aromatic carbocycles. The summed E-state index contributed by atoms with van der Waals surface area (Å²) in [5.41, 5.74) is 1.02. The van der Waals surface area contributed by atoms with Crippen LogP contribution in [0.4, 0.5) is 0 Å². The Morgan fingerprint density at radius 2 is 2.19 bits per heavy atom. The van der Waals surface area contributed by atoms with Gasteiger partial charge in [0.15, 0.2) is 0 Å². The summed E-state index contributed by atoms with van der Waals surface area (Å²) in [6.45, 7) is 3.95. The number of aromatic amines is 1. The zero-order valence-corrected chi connectivity index (χ0v) is 16.7. The molecular formula is C19H25N3O4S. The summed E-state index contributed by atoms with van der Waals surface area (Å²) >= 11 is 1.59. The number of rotatable bonds is 6. The Labute approximate surface area is 161 Å². The van der Waals surface area contributed by atoms with Crippen LogP contribution in [-0.2, 0) is 28.9 Å². The van der Waals surface area contributed by atoms with Crippen LogP contribution in [0, 0.1) is 11.8 Å². The Morgan fingerprint density at radius 3 is 2.89 bits per heavy atom. The van der Waals surface area contributed by atoms with Gasteiger partial charge in [-0.25, -0.2) is 4.98 Å². The number of carbonyl (C=O) groups excluding carboxylic acids is 1. The van der Waals surface area contributed by atoms with Gasteiger partial charge in [0.25, 0.3) is 5.56 Å². The molecule has 0 fully saturated rings. The fraction of sp³-hybridized carbons (Fsp3) is 0.579. The Kier molecular flexibility index (Phi) is 5.64. The van der Waals surface area contributed by atoms with Crippen molar-refractivity contribution in [2.45, 2.75) is 46.0 Å². The number of hydrogen-bond donors (Lipinski definition) is 2. The Hall–Kier alpha value is -2.22. The Bertz CT molecular complexity index is 933. The monoisotopic (exact) mass is 391 g/mol. The molecule has 7 nitrogen and oxygen atoms in total. The van der Waals surface area contributed by atoms with Gasteiger partial charge in [-0.2, -0.15) is 0 Å². The number of aliphatic carboxylic acids is 1. The summed E-state index contributed by atoms with van der Waals surface area (Å²) in [6, 6.07) is 0. The molecule has 0 aliphatic heterocycles. The van der Waals surface area contributed by atoms with Crippen LogP contribution < -0.4 is 5.56 Å². The van der Waals surface area contributed by atoms with Gasteiger partial charge in [0.2, 0.25) is 5.91 Å². The predicted octanol–water partition coefficient (Wildman–Crippen LogP) is 2.22. The van der Waals surface area contributed by atoms with Crippen molar-refractivity contribution in [1.29, 1.82) is 0 Å². The molecule has 8 heteroatoms. The lowest BCUT2D eigenvalue weighted by molar-refractivity contribution is -0.142. The second-order valence-electron chi connectivity index (χ2n) is 7.56. The Morgan fingerprint density at radius 1 is 1.44 bits per heavy atom. The standard InChI is InChI=1S/C19H25N3O4S/c1-10-4-5-12-13(8-10)27-18-16(12)17(24)20-14(21-18)6-7-15(23)22(3)9-11(2)19(25)26/h10-11H,4-9H2,1-3H3,(H,25,26)(H,20,21,24). The number of carboxylic acids is 1. The van der Waals surface area contributed by atoms with Crippen molar-refractivity contribution in [3.05, 3.63) is 26.6 Å². The van der Waals surface area contributed by atoms with E-state index in [1.807, 2.05) is 0 Å². The van der Waals surface area contributed by atoms with Gasteiger partial charge in [-0.05, 0) is 30.7 Å². The number of H-pyrrole nitrogens is 1. The summed E-state index contributed by atoms with van der Waals surface area (Å²) in [4.78, 5) is 46.6. The highest BCUT2D eigenvalue weighted by Gasteiger charge is 2.23. The van der Waals surface area contributed by atoms with Gasteiger partial charge in [0.1, 0.15) is 10.7 Å². The lowest BCUT2D eigenvalue weighted by atomic mass is 9.89. The minimum Gasteiger partial charge on any atom is -0.481 e. The molecule has 0 saturated heterocycles. The van der Waals surface area contributed by atoms with Crippen molar-refractivity contribution in [2.75, 3.05) is 13.6 Å². The van der Waals surface area contributed by atoms with Gasteiger partial charge in [-0.1, -0.05) is 13.8 Å². The number of nitrogens with zero attached hydrogens (tertiary/aromatic N) is 2. The van der Waals surface area contributed by atoms with E-state index in [4.69, 9.17) is 5.11 Å². The average Bonchev–Trinajstić information content (AvgIpc) is 2.96. The molecule has 2 atom stereocenters. The minimum absolute atomic E-state index is 0.123. The third-order valence-electron chi connectivity index (χ3n) is 5.19. The van der Waals surface area contributed by atoms with E-state index in [1.54, 1.807) is 25.3 Å².